The first-order valence-electron chi connectivity index (χ1n) is 8.87. The van der Waals surface area contributed by atoms with Gasteiger partial charge in [0.15, 0.2) is 4.77 Å². The normalized spacial score (nSPS) is 20.6. The lowest BCUT2D eigenvalue weighted by Gasteiger charge is -2.33. The number of hydrogen-bond acceptors (Lipinski definition) is 3. The number of H-pyrrole nitrogens is 1. The summed E-state index contributed by atoms with van der Waals surface area (Å²) in [5.41, 5.74) is 0.305. The molecule has 2 N–H and O–H groups in total. The number of nitrogens with one attached hydrogen (secondary N) is 2. The first kappa shape index (κ1) is 19.6. The molecule has 27 heavy (non-hydrogen) atoms. The predicted octanol–water partition coefficient (Wildman–Crippen LogP) is 3.93. The number of rotatable bonds is 3. The van der Waals surface area contributed by atoms with Gasteiger partial charge in [-0.05, 0) is 50.2 Å². The fourth-order valence-electron chi connectivity index (χ4n) is 3.63. The van der Waals surface area contributed by atoms with E-state index in [0.717, 1.165) is 0 Å². The second-order valence-electron chi connectivity index (χ2n) is 6.75. The topological polar surface area (TPSA) is 66.9 Å². The maximum absolute atomic E-state index is 13.2. The monoisotopic (exact) mass is 399 g/mol. The Morgan fingerprint density at radius 1 is 1.33 bits per heavy atom. The fraction of sp³-hybridized carbons (Fsp3) is 0.500. The van der Waals surface area contributed by atoms with Gasteiger partial charge in [0.2, 0.25) is 0 Å². The van der Waals surface area contributed by atoms with Crippen molar-refractivity contribution < 1.29 is 18.0 Å². The summed E-state index contributed by atoms with van der Waals surface area (Å²) >= 11 is 5.14. The number of aromatic amines is 1. The summed E-state index contributed by atoms with van der Waals surface area (Å²) in [7, 11) is 0. The van der Waals surface area contributed by atoms with Gasteiger partial charge in [-0.15, -0.1) is 0 Å². The van der Waals surface area contributed by atoms with Crippen LogP contribution in [0.5, 0.6) is 0 Å². The summed E-state index contributed by atoms with van der Waals surface area (Å²) in [4.78, 5) is 27.8. The van der Waals surface area contributed by atoms with E-state index in [4.69, 9.17) is 12.2 Å². The summed E-state index contributed by atoms with van der Waals surface area (Å²) in [6, 6.07) is 3.45. The molecule has 1 aromatic heterocycles. The minimum atomic E-state index is -4.34. The quantitative estimate of drug-likeness (QED) is 0.769. The summed E-state index contributed by atoms with van der Waals surface area (Å²) in [6.07, 6.45) is -2.85. The van der Waals surface area contributed by atoms with Crippen LogP contribution in [-0.2, 0) is 6.54 Å². The number of carbonyl (C=O) groups excluding carboxylic acids is 1. The van der Waals surface area contributed by atoms with Gasteiger partial charge < -0.3 is 10.3 Å². The number of aromatic nitrogens is 2. The number of amides is 1. The summed E-state index contributed by atoms with van der Waals surface area (Å²) in [5, 5.41) is 2.89. The molecule has 2 aromatic rings. The second kappa shape index (κ2) is 7.46. The molecule has 1 heterocycles. The Balaban J connectivity index is 1.90. The molecule has 1 saturated carbocycles. The highest BCUT2D eigenvalue weighted by molar-refractivity contribution is 7.71. The Labute approximate surface area is 158 Å². The molecule has 146 valence electrons. The zero-order chi connectivity index (χ0) is 19.8. The van der Waals surface area contributed by atoms with Crippen LogP contribution >= 0.6 is 12.2 Å². The molecular weight excluding hydrogens is 379 g/mol. The number of alkyl halides is 3. The number of hydrogen-bond donors (Lipinski definition) is 2. The van der Waals surface area contributed by atoms with Crippen molar-refractivity contribution in [3.05, 3.63) is 38.9 Å². The van der Waals surface area contributed by atoms with E-state index in [9.17, 15) is 22.8 Å². The van der Waals surface area contributed by atoms with Crippen LogP contribution in [-0.4, -0.2) is 27.7 Å². The molecule has 1 fully saturated rings. The van der Waals surface area contributed by atoms with E-state index in [1.165, 1.54) is 22.8 Å². The van der Waals surface area contributed by atoms with Crippen LogP contribution in [0.3, 0.4) is 0 Å². The van der Waals surface area contributed by atoms with Crippen molar-refractivity contribution in [3.8, 4) is 0 Å². The minimum Gasteiger partial charge on any atom is -0.349 e. The zero-order valence-electron chi connectivity index (χ0n) is 14.7. The third kappa shape index (κ3) is 3.92. The number of halogens is 3. The van der Waals surface area contributed by atoms with Gasteiger partial charge in [-0.3, -0.25) is 14.2 Å². The molecule has 9 heteroatoms. The first-order valence-corrected chi connectivity index (χ1v) is 9.27. The van der Waals surface area contributed by atoms with E-state index in [0.29, 0.717) is 36.7 Å². The summed E-state index contributed by atoms with van der Waals surface area (Å²) < 4.78 is 41.3. The summed E-state index contributed by atoms with van der Waals surface area (Å²) in [5.74, 6) is -2.12. The van der Waals surface area contributed by atoms with Crippen LogP contribution in [0.15, 0.2) is 23.0 Å². The standard InChI is InChI=1S/C18H20F3N3O2S/c1-2-24-16(26)11-8-7-10(9-14(11)23-17(24)27)15(25)22-13-6-4-3-5-12(13)18(19,20)21/h7-9,12-13H,2-6H2,1H3,(H,22,25)(H,23,27)/t12-,13+/m1/s1. The molecule has 0 bridgehead atoms. The molecule has 0 unspecified atom stereocenters. The lowest BCUT2D eigenvalue weighted by atomic mass is 9.84. The number of nitrogens with zero attached hydrogens (tertiary/aromatic N) is 1. The molecular formula is C18H20F3N3O2S. The first-order chi connectivity index (χ1) is 12.7. The molecule has 0 radical (unpaired) electrons. The van der Waals surface area contributed by atoms with Gasteiger partial charge in [-0.25, -0.2) is 0 Å². The van der Waals surface area contributed by atoms with E-state index >= 15 is 0 Å². The molecule has 2 atom stereocenters. The average Bonchev–Trinajstić information content (AvgIpc) is 2.61. The minimum absolute atomic E-state index is 0.0236. The third-order valence-corrected chi connectivity index (χ3v) is 5.39. The molecule has 1 amide bonds. The van der Waals surface area contributed by atoms with Crippen molar-refractivity contribution in [1.29, 1.82) is 0 Å². The Kier molecular flexibility index (Phi) is 5.41. The van der Waals surface area contributed by atoms with Gasteiger partial charge in [0.25, 0.3) is 11.5 Å². The molecule has 0 saturated heterocycles. The van der Waals surface area contributed by atoms with E-state index in [1.54, 1.807) is 6.92 Å². The van der Waals surface area contributed by atoms with Crippen LogP contribution < -0.4 is 10.9 Å². The van der Waals surface area contributed by atoms with Crippen molar-refractivity contribution in [2.24, 2.45) is 5.92 Å². The van der Waals surface area contributed by atoms with Crippen molar-refractivity contribution in [2.75, 3.05) is 0 Å². The molecule has 3 rings (SSSR count). The smallest absolute Gasteiger partial charge is 0.349 e. The Hall–Kier alpha value is -2.16. The summed E-state index contributed by atoms with van der Waals surface area (Å²) in [6.45, 7) is 2.20. The molecule has 1 aliphatic rings. The Bertz CT molecular complexity index is 980. The predicted molar refractivity (Wildman–Crippen MR) is 98.3 cm³/mol. The highest BCUT2D eigenvalue weighted by Crippen LogP contribution is 2.37. The maximum Gasteiger partial charge on any atom is 0.393 e. The van der Waals surface area contributed by atoms with Crippen LogP contribution in [0, 0.1) is 10.7 Å². The van der Waals surface area contributed by atoms with Gasteiger partial charge in [0.1, 0.15) is 0 Å². The van der Waals surface area contributed by atoms with Crippen LogP contribution in [0.25, 0.3) is 10.9 Å². The Morgan fingerprint density at radius 2 is 2.04 bits per heavy atom. The van der Waals surface area contributed by atoms with E-state index in [1.807, 2.05) is 0 Å². The largest absolute Gasteiger partial charge is 0.393 e. The number of carbonyl (C=O) groups is 1. The van der Waals surface area contributed by atoms with Gasteiger partial charge in [-0.2, -0.15) is 13.2 Å². The van der Waals surface area contributed by atoms with Crippen LogP contribution in [0.2, 0.25) is 0 Å². The second-order valence-corrected chi connectivity index (χ2v) is 7.14. The highest BCUT2D eigenvalue weighted by Gasteiger charge is 2.46. The number of benzene rings is 1. The highest BCUT2D eigenvalue weighted by atomic mass is 32.1. The molecule has 5 nitrogen and oxygen atoms in total. The van der Waals surface area contributed by atoms with E-state index < -0.39 is 24.0 Å². The zero-order valence-corrected chi connectivity index (χ0v) is 15.5. The van der Waals surface area contributed by atoms with Gasteiger partial charge in [0.05, 0.1) is 16.8 Å². The molecule has 0 spiro atoms. The lowest BCUT2D eigenvalue weighted by molar-refractivity contribution is -0.187. The lowest BCUT2D eigenvalue weighted by Crippen LogP contribution is -2.47. The van der Waals surface area contributed by atoms with Crippen molar-refractivity contribution in [2.45, 2.75) is 51.4 Å². The van der Waals surface area contributed by atoms with Crippen LogP contribution in [0.1, 0.15) is 43.0 Å². The molecule has 1 aliphatic carbocycles. The fourth-order valence-corrected chi connectivity index (χ4v) is 3.95. The van der Waals surface area contributed by atoms with Crippen LogP contribution in [0.4, 0.5) is 13.2 Å². The third-order valence-electron chi connectivity index (χ3n) is 5.06. The SMILES string of the molecule is CCn1c(=S)[nH]c2cc(C(=O)N[C@H]3CCCC[C@H]3C(F)(F)F)ccc2c1=O. The van der Waals surface area contributed by atoms with Crippen molar-refractivity contribution in [3.63, 3.8) is 0 Å². The van der Waals surface area contributed by atoms with E-state index in [2.05, 4.69) is 10.3 Å². The molecule has 0 aliphatic heterocycles. The van der Waals surface area contributed by atoms with Gasteiger partial charge >= 0.3 is 6.18 Å². The van der Waals surface area contributed by atoms with Crippen molar-refractivity contribution >= 4 is 29.0 Å². The Morgan fingerprint density at radius 3 is 2.70 bits per heavy atom. The van der Waals surface area contributed by atoms with Gasteiger partial charge in [-0.1, -0.05) is 12.8 Å². The average molecular weight is 399 g/mol. The van der Waals surface area contributed by atoms with Gasteiger partial charge in [0, 0.05) is 18.2 Å². The molecule has 1 aromatic carbocycles. The van der Waals surface area contributed by atoms with E-state index in [-0.39, 0.29) is 22.3 Å². The van der Waals surface area contributed by atoms with Crippen molar-refractivity contribution in [1.82, 2.24) is 14.9 Å². The maximum atomic E-state index is 13.2. The number of fused-ring (bicyclic) bond motifs is 1.